The van der Waals surface area contributed by atoms with Crippen LogP contribution in [-0.2, 0) is 0 Å². The van der Waals surface area contributed by atoms with Crippen LogP contribution in [0, 0.1) is 0 Å². The summed E-state index contributed by atoms with van der Waals surface area (Å²) in [7, 11) is 0. The molecule has 0 saturated carbocycles. The van der Waals surface area contributed by atoms with Gasteiger partial charge >= 0.3 is 0 Å². The quantitative estimate of drug-likeness (QED) is 0.386. The van der Waals surface area contributed by atoms with Crippen LogP contribution in [0.25, 0.3) is 0 Å². The van der Waals surface area contributed by atoms with E-state index in [4.69, 9.17) is 51.1 Å². The molecule has 1 aromatic carbocycles. The fourth-order valence-electron chi connectivity index (χ4n) is 1.17. The zero-order valence-corrected chi connectivity index (χ0v) is 11.6. The summed E-state index contributed by atoms with van der Waals surface area (Å²) in [5.41, 5.74) is 0. The Morgan fingerprint density at radius 1 is 0.875 bits per heavy atom. The maximum absolute atomic E-state index is 5.95. The van der Waals surface area contributed by atoms with Crippen molar-refractivity contribution in [1.29, 1.82) is 0 Å². The summed E-state index contributed by atoms with van der Waals surface area (Å²) in [4.78, 5) is 0. The van der Waals surface area contributed by atoms with Gasteiger partial charge in [0.15, 0.2) is 0 Å². The minimum Gasteiger partial charge on any atom is -0.492 e. The summed E-state index contributed by atoms with van der Waals surface area (Å²) < 4.78 is 5.50. The van der Waals surface area contributed by atoms with E-state index in [-0.39, 0.29) is 0 Å². The van der Waals surface area contributed by atoms with E-state index >= 15 is 0 Å². The Kier molecular flexibility index (Phi) is 6.67. The van der Waals surface area contributed by atoms with E-state index in [1.807, 2.05) is 0 Å². The number of rotatable bonds is 6. The van der Waals surface area contributed by atoms with Gasteiger partial charge in [0.1, 0.15) is 5.75 Å². The molecule has 0 bridgehead atoms. The van der Waals surface area contributed by atoms with E-state index in [1.165, 1.54) is 0 Å². The molecule has 1 nitrogen and oxygen atoms in total. The Labute approximate surface area is 116 Å². The second kappa shape index (κ2) is 7.50. The molecule has 0 aromatic heterocycles. The van der Waals surface area contributed by atoms with Gasteiger partial charge in [0.25, 0.3) is 0 Å². The number of hydrogen-bond donors (Lipinski definition) is 0. The van der Waals surface area contributed by atoms with Crippen LogP contribution in [0.5, 0.6) is 5.75 Å². The molecule has 0 radical (unpaired) electrons. The highest BCUT2D eigenvalue weighted by Gasteiger charge is 2.06. The van der Waals surface area contributed by atoms with E-state index in [2.05, 4.69) is 0 Å². The van der Waals surface area contributed by atoms with Crippen molar-refractivity contribution in [3.8, 4) is 5.75 Å². The van der Waals surface area contributed by atoms with Crippen molar-refractivity contribution in [1.82, 2.24) is 0 Å². The molecule has 0 heterocycles. The van der Waals surface area contributed by atoms with E-state index in [1.54, 1.807) is 12.1 Å². The second-order valence-corrected chi connectivity index (χ2v) is 4.89. The molecule has 0 aliphatic carbocycles. The molecule has 1 rings (SSSR count). The Hall–Kier alpha value is 0.180. The summed E-state index contributed by atoms with van der Waals surface area (Å²) in [5, 5.41) is 1.36. The maximum Gasteiger partial charge on any atom is 0.139 e. The van der Waals surface area contributed by atoms with Gasteiger partial charge in [-0.1, -0.05) is 34.8 Å². The molecule has 1 aromatic rings. The lowest BCUT2D eigenvalue weighted by Gasteiger charge is -2.08. The van der Waals surface area contributed by atoms with Gasteiger partial charge < -0.3 is 4.74 Å². The van der Waals surface area contributed by atoms with Gasteiger partial charge in [-0.05, 0) is 25.3 Å². The zero-order valence-electron chi connectivity index (χ0n) is 8.61. The third kappa shape index (κ3) is 4.58. The minimum absolute atomic E-state index is 0.432. The molecule has 16 heavy (non-hydrogen) atoms. The van der Waals surface area contributed by atoms with Crippen molar-refractivity contribution < 1.29 is 4.74 Å². The number of alkyl halides is 1. The summed E-state index contributed by atoms with van der Waals surface area (Å²) >= 11 is 23.2. The number of hydrogen-bond acceptors (Lipinski definition) is 1. The maximum atomic E-state index is 5.95. The highest BCUT2D eigenvalue weighted by atomic mass is 35.5. The normalized spacial score (nSPS) is 10.5. The first kappa shape index (κ1) is 14.2. The van der Waals surface area contributed by atoms with E-state index in [0.717, 1.165) is 19.3 Å². The molecule has 0 spiro atoms. The summed E-state index contributed by atoms with van der Waals surface area (Å²) in [5.74, 6) is 1.26. The van der Waals surface area contributed by atoms with Crippen LogP contribution in [0.3, 0.4) is 0 Å². The Morgan fingerprint density at radius 3 is 2.25 bits per heavy atom. The highest BCUT2D eigenvalue weighted by molar-refractivity contribution is 6.43. The van der Waals surface area contributed by atoms with Crippen molar-refractivity contribution in [2.45, 2.75) is 19.3 Å². The first-order valence-electron chi connectivity index (χ1n) is 4.98. The van der Waals surface area contributed by atoms with Crippen LogP contribution in [0.15, 0.2) is 12.1 Å². The number of benzene rings is 1. The topological polar surface area (TPSA) is 9.23 Å². The second-order valence-electron chi connectivity index (χ2n) is 3.29. The van der Waals surface area contributed by atoms with Gasteiger partial charge in [-0.2, -0.15) is 0 Å². The lowest BCUT2D eigenvalue weighted by Crippen LogP contribution is -1.98. The fraction of sp³-hybridized carbons (Fsp3) is 0.455. The Bertz CT molecular complexity index is 341. The average molecular weight is 302 g/mol. The average Bonchev–Trinajstić information content (AvgIpc) is 2.25. The molecule has 0 aliphatic heterocycles. The standard InChI is InChI=1S/C11H12Cl4O/c12-4-2-1-3-5-16-11-7-9(14)8(13)6-10(11)15/h6-7H,1-5H2. The van der Waals surface area contributed by atoms with Crippen LogP contribution in [0.4, 0.5) is 0 Å². The van der Waals surface area contributed by atoms with E-state index in [0.29, 0.717) is 33.3 Å². The van der Waals surface area contributed by atoms with Crippen LogP contribution in [-0.4, -0.2) is 12.5 Å². The molecular weight excluding hydrogens is 290 g/mol. The Balaban J connectivity index is 2.45. The lowest BCUT2D eigenvalue weighted by molar-refractivity contribution is 0.306. The van der Waals surface area contributed by atoms with Crippen molar-refractivity contribution in [2.24, 2.45) is 0 Å². The van der Waals surface area contributed by atoms with Gasteiger partial charge in [0, 0.05) is 11.9 Å². The molecule has 0 amide bonds. The first-order valence-corrected chi connectivity index (χ1v) is 6.65. The van der Waals surface area contributed by atoms with Gasteiger partial charge in [0.05, 0.1) is 21.7 Å². The molecule has 5 heteroatoms. The fourth-order valence-corrected chi connectivity index (χ4v) is 1.95. The SMILES string of the molecule is ClCCCCCOc1cc(Cl)c(Cl)cc1Cl. The van der Waals surface area contributed by atoms with Crippen LogP contribution >= 0.6 is 46.4 Å². The van der Waals surface area contributed by atoms with E-state index in [9.17, 15) is 0 Å². The molecular formula is C11H12Cl4O. The third-order valence-electron chi connectivity index (χ3n) is 2.01. The van der Waals surface area contributed by atoms with Crippen molar-refractivity contribution in [2.75, 3.05) is 12.5 Å². The van der Waals surface area contributed by atoms with Crippen LogP contribution in [0.1, 0.15) is 19.3 Å². The number of halogens is 4. The summed E-state index contributed by atoms with van der Waals surface area (Å²) in [6.45, 7) is 0.606. The molecule has 0 saturated heterocycles. The molecule has 0 aliphatic rings. The van der Waals surface area contributed by atoms with Crippen LogP contribution in [0.2, 0.25) is 15.1 Å². The number of unbranched alkanes of at least 4 members (excludes halogenated alkanes) is 2. The minimum atomic E-state index is 0.432. The van der Waals surface area contributed by atoms with Gasteiger partial charge in [0.2, 0.25) is 0 Å². The lowest BCUT2D eigenvalue weighted by atomic mass is 10.2. The molecule has 0 fully saturated rings. The summed E-state index contributed by atoms with van der Waals surface area (Å²) in [6, 6.07) is 3.22. The predicted molar refractivity (Wildman–Crippen MR) is 71.5 cm³/mol. The molecule has 0 atom stereocenters. The molecule has 0 N–H and O–H groups in total. The smallest absolute Gasteiger partial charge is 0.139 e. The van der Waals surface area contributed by atoms with Gasteiger partial charge in [-0.3, -0.25) is 0 Å². The Morgan fingerprint density at radius 2 is 1.56 bits per heavy atom. The highest BCUT2D eigenvalue weighted by Crippen LogP contribution is 2.33. The zero-order chi connectivity index (χ0) is 12.0. The van der Waals surface area contributed by atoms with Gasteiger partial charge in [-0.25, -0.2) is 0 Å². The monoisotopic (exact) mass is 300 g/mol. The third-order valence-corrected chi connectivity index (χ3v) is 3.30. The van der Waals surface area contributed by atoms with Gasteiger partial charge in [-0.15, -0.1) is 11.6 Å². The summed E-state index contributed by atoms with van der Waals surface area (Å²) in [6.07, 6.45) is 2.99. The molecule has 0 unspecified atom stereocenters. The van der Waals surface area contributed by atoms with E-state index < -0.39 is 0 Å². The largest absolute Gasteiger partial charge is 0.492 e. The molecule has 90 valence electrons. The van der Waals surface area contributed by atoms with Crippen molar-refractivity contribution >= 4 is 46.4 Å². The van der Waals surface area contributed by atoms with Crippen molar-refractivity contribution in [3.63, 3.8) is 0 Å². The van der Waals surface area contributed by atoms with Crippen LogP contribution < -0.4 is 4.74 Å². The van der Waals surface area contributed by atoms with Crippen molar-refractivity contribution in [3.05, 3.63) is 27.2 Å². The first-order chi connectivity index (χ1) is 7.65. The predicted octanol–water partition coefficient (Wildman–Crippen LogP) is 5.43. The number of ether oxygens (including phenoxy) is 1.